The Balaban J connectivity index is 1.75. The highest BCUT2D eigenvalue weighted by Crippen LogP contribution is 2.47. The maximum Gasteiger partial charge on any atom is 0.436 e. The van der Waals surface area contributed by atoms with E-state index in [-0.39, 0.29) is 40.6 Å². The normalized spacial score (nSPS) is 14.1. The minimum atomic E-state index is -4.58. The number of amides is 2. The van der Waals surface area contributed by atoms with Crippen LogP contribution in [0.5, 0.6) is 0 Å². The topological polar surface area (TPSA) is 85.0 Å². The zero-order valence-corrected chi connectivity index (χ0v) is 18.3. The van der Waals surface area contributed by atoms with Crippen molar-refractivity contribution >= 4 is 33.4 Å². The second kappa shape index (κ2) is 8.40. The first-order valence-electron chi connectivity index (χ1n) is 9.45. The Labute approximate surface area is 179 Å². The van der Waals surface area contributed by atoms with E-state index >= 15 is 0 Å². The van der Waals surface area contributed by atoms with Crippen molar-refractivity contribution in [1.82, 2.24) is 24.5 Å². The number of aryl methyl sites for hydroxylation is 2. The van der Waals surface area contributed by atoms with Crippen molar-refractivity contribution in [1.29, 1.82) is 0 Å². The highest BCUT2D eigenvalue weighted by molar-refractivity contribution is 9.10. The predicted molar refractivity (Wildman–Crippen MR) is 106 cm³/mol. The number of hydrogen-bond acceptors (Lipinski definition) is 4. The van der Waals surface area contributed by atoms with Gasteiger partial charge >= 0.3 is 6.18 Å². The van der Waals surface area contributed by atoms with Crippen molar-refractivity contribution in [3.8, 4) is 0 Å². The van der Waals surface area contributed by atoms with Crippen LogP contribution in [0.2, 0.25) is 0 Å². The Morgan fingerprint density at radius 3 is 2.50 bits per heavy atom. The minimum Gasteiger partial charge on any atom is -0.343 e. The molecule has 2 heterocycles. The molecular formula is C18H22BrF3N6O2. The highest BCUT2D eigenvalue weighted by atomic mass is 79.9. The van der Waals surface area contributed by atoms with Crippen molar-refractivity contribution < 1.29 is 22.8 Å². The number of carbonyl (C=O) groups excluding carboxylic acids is 2. The van der Waals surface area contributed by atoms with Crippen molar-refractivity contribution in [3.05, 3.63) is 27.8 Å². The SMILES string of the molecule is CCn1ncc(NC(=O)CCn2nc(C(F)(F)F)c(Br)c2C2CC2)c1C(=O)N(C)C. The van der Waals surface area contributed by atoms with Crippen LogP contribution in [-0.4, -0.2) is 50.4 Å². The molecule has 12 heteroatoms. The third-order valence-corrected chi connectivity index (χ3v) is 5.52. The first kappa shape index (κ1) is 22.3. The zero-order chi connectivity index (χ0) is 22.2. The van der Waals surface area contributed by atoms with Gasteiger partial charge in [0.25, 0.3) is 5.91 Å². The zero-order valence-electron chi connectivity index (χ0n) is 16.8. The number of nitrogens with one attached hydrogen (secondary N) is 1. The molecule has 1 saturated carbocycles. The van der Waals surface area contributed by atoms with Crippen molar-refractivity contribution in [3.63, 3.8) is 0 Å². The second-order valence-corrected chi connectivity index (χ2v) is 8.06. The van der Waals surface area contributed by atoms with Gasteiger partial charge in [0.1, 0.15) is 5.69 Å². The number of hydrogen-bond donors (Lipinski definition) is 1. The molecule has 0 bridgehead atoms. The van der Waals surface area contributed by atoms with Gasteiger partial charge in [-0.2, -0.15) is 23.4 Å². The predicted octanol–water partition coefficient (Wildman–Crippen LogP) is 3.49. The van der Waals surface area contributed by atoms with Crippen molar-refractivity contribution in [2.45, 2.75) is 51.4 Å². The van der Waals surface area contributed by atoms with Crippen LogP contribution in [0, 0.1) is 0 Å². The van der Waals surface area contributed by atoms with Crippen molar-refractivity contribution in [2.75, 3.05) is 19.4 Å². The minimum absolute atomic E-state index is 0.00871. The van der Waals surface area contributed by atoms with Crippen LogP contribution < -0.4 is 5.32 Å². The van der Waals surface area contributed by atoms with Gasteiger partial charge in [0, 0.05) is 33.0 Å². The molecule has 1 fully saturated rings. The average Bonchev–Trinajstić information content (AvgIpc) is 3.32. The van der Waals surface area contributed by atoms with E-state index in [4.69, 9.17) is 0 Å². The molecule has 1 N–H and O–H groups in total. The fourth-order valence-corrected chi connectivity index (χ4v) is 3.96. The maximum absolute atomic E-state index is 13.2. The third kappa shape index (κ3) is 4.52. The molecule has 0 atom stereocenters. The van der Waals surface area contributed by atoms with Gasteiger partial charge in [0.15, 0.2) is 5.69 Å². The molecule has 0 unspecified atom stereocenters. The first-order valence-corrected chi connectivity index (χ1v) is 10.2. The van der Waals surface area contributed by atoms with Gasteiger partial charge in [-0.05, 0) is 35.7 Å². The van der Waals surface area contributed by atoms with Crippen LogP contribution in [-0.2, 0) is 24.1 Å². The molecule has 1 aliphatic carbocycles. The number of carbonyl (C=O) groups is 2. The van der Waals surface area contributed by atoms with E-state index in [1.165, 1.54) is 20.5 Å². The largest absolute Gasteiger partial charge is 0.436 e. The van der Waals surface area contributed by atoms with Crippen molar-refractivity contribution in [2.24, 2.45) is 0 Å². The molecule has 0 radical (unpaired) electrons. The van der Waals surface area contributed by atoms with E-state index in [2.05, 4.69) is 31.4 Å². The summed E-state index contributed by atoms with van der Waals surface area (Å²) < 4.78 is 42.3. The van der Waals surface area contributed by atoms with Crippen LogP contribution in [0.3, 0.4) is 0 Å². The maximum atomic E-state index is 13.2. The Kier molecular flexibility index (Phi) is 6.25. The van der Waals surface area contributed by atoms with Crippen LogP contribution in [0.25, 0.3) is 0 Å². The van der Waals surface area contributed by atoms with Crippen LogP contribution in [0.15, 0.2) is 10.7 Å². The van der Waals surface area contributed by atoms with Gasteiger partial charge in [-0.3, -0.25) is 19.0 Å². The van der Waals surface area contributed by atoms with Crippen LogP contribution in [0.4, 0.5) is 18.9 Å². The van der Waals surface area contributed by atoms with Gasteiger partial charge in [0.05, 0.1) is 28.6 Å². The number of halogens is 4. The summed E-state index contributed by atoms with van der Waals surface area (Å²) in [6.45, 7) is 2.25. The monoisotopic (exact) mass is 490 g/mol. The number of aromatic nitrogens is 4. The molecule has 2 aromatic rings. The molecule has 0 spiro atoms. The van der Waals surface area contributed by atoms with Gasteiger partial charge in [-0.1, -0.05) is 0 Å². The van der Waals surface area contributed by atoms with Crippen LogP contribution >= 0.6 is 15.9 Å². The summed E-state index contributed by atoms with van der Waals surface area (Å²) in [4.78, 5) is 26.3. The Morgan fingerprint density at radius 1 is 1.30 bits per heavy atom. The summed E-state index contributed by atoms with van der Waals surface area (Å²) in [5, 5.41) is 10.4. The fraction of sp³-hybridized carbons (Fsp3) is 0.556. The van der Waals surface area contributed by atoms with Crippen LogP contribution in [0.1, 0.15) is 54.0 Å². The summed E-state index contributed by atoms with van der Waals surface area (Å²) in [5.41, 5.74) is 0.00148. The molecule has 0 aromatic carbocycles. The quantitative estimate of drug-likeness (QED) is 0.643. The molecule has 0 aliphatic heterocycles. The number of alkyl halides is 3. The Bertz CT molecular complexity index is 962. The average molecular weight is 491 g/mol. The Hall–Kier alpha value is -2.37. The molecule has 0 saturated heterocycles. The van der Waals surface area contributed by atoms with E-state index in [1.807, 2.05) is 6.92 Å². The lowest BCUT2D eigenvalue weighted by Crippen LogP contribution is -2.26. The molecule has 164 valence electrons. The standard InChI is InChI=1S/C18H22BrF3N6O2/c1-4-27-15(17(30)26(2)3)11(9-23-27)24-12(29)7-8-28-14(10-5-6-10)13(19)16(25-28)18(20,21)22/h9-10H,4-8H2,1-3H3,(H,24,29). The summed E-state index contributed by atoms with van der Waals surface area (Å²) in [5.74, 6) is -0.745. The van der Waals surface area contributed by atoms with E-state index in [9.17, 15) is 22.8 Å². The van der Waals surface area contributed by atoms with Gasteiger partial charge in [-0.25, -0.2) is 0 Å². The molecule has 2 amide bonds. The fourth-order valence-electron chi connectivity index (χ4n) is 3.13. The smallest absolute Gasteiger partial charge is 0.343 e. The first-order chi connectivity index (χ1) is 14.0. The lowest BCUT2D eigenvalue weighted by Gasteiger charge is -2.14. The van der Waals surface area contributed by atoms with Gasteiger partial charge < -0.3 is 10.2 Å². The number of anilines is 1. The molecule has 1 aliphatic rings. The highest BCUT2D eigenvalue weighted by Gasteiger charge is 2.41. The number of rotatable bonds is 7. The molecule has 2 aromatic heterocycles. The molecule has 3 rings (SSSR count). The summed E-state index contributed by atoms with van der Waals surface area (Å²) in [7, 11) is 3.18. The van der Waals surface area contributed by atoms with Gasteiger partial charge in [0.2, 0.25) is 5.91 Å². The Morgan fingerprint density at radius 2 is 1.97 bits per heavy atom. The van der Waals surface area contributed by atoms with E-state index in [0.29, 0.717) is 12.2 Å². The summed E-state index contributed by atoms with van der Waals surface area (Å²) in [6.07, 6.45) is -1.70. The molecule has 30 heavy (non-hydrogen) atoms. The van der Waals surface area contributed by atoms with E-state index in [1.54, 1.807) is 14.1 Å². The molecular weight excluding hydrogens is 469 g/mol. The van der Waals surface area contributed by atoms with E-state index in [0.717, 1.165) is 12.8 Å². The molecule has 8 nitrogen and oxygen atoms in total. The second-order valence-electron chi connectivity index (χ2n) is 7.26. The lowest BCUT2D eigenvalue weighted by atomic mass is 10.2. The lowest BCUT2D eigenvalue weighted by molar-refractivity contribution is -0.142. The summed E-state index contributed by atoms with van der Waals surface area (Å²) in [6, 6.07) is 0. The third-order valence-electron chi connectivity index (χ3n) is 4.74. The number of nitrogens with zero attached hydrogens (tertiary/aromatic N) is 5. The van der Waals surface area contributed by atoms with E-state index < -0.39 is 17.8 Å². The van der Waals surface area contributed by atoms with Gasteiger partial charge in [-0.15, -0.1) is 0 Å². The summed E-state index contributed by atoms with van der Waals surface area (Å²) >= 11 is 3.03.